The summed E-state index contributed by atoms with van der Waals surface area (Å²) in [6.07, 6.45) is 0. The molecule has 0 atom stereocenters. The number of rotatable bonds is 9. The molecule has 0 amide bonds. The highest BCUT2D eigenvalue weighted by Crippen LogP contribution is 2.37. The Labute approximate surface area is 389 Å². The number of fused-ring (bicyclic) bond motifs is 3. The van der Waals surface area contributed by atoms with Crippen molar-refractivity contribution in [2.24, 2.45) is 0 Å². The Morgan fingerprint density at radius 3 is 1.00 bits per heavy atom. The van der Waals surface area contributed by atoms with E-state index in [4.69, 9.17) is 15.0 Å². The predicted octanol–water partition coefficient (Wildman–Crippen LogP) is 16.3. The molecule has 0 radical (unpaired) electrons. The van der Waals surface area contributed by atoms with E-state index in [0.29, 0.717) is 17.5 Å². The lowest BCUT2D eigenvalue weighted by Gasteiger charge is -2.12. The predicted molar refractivity (Wildman–Crippen MR) is 278 cm³/mol. The fourth-order valence-electron chi connectivity index (χ4n) is 9.20. The third-order valence-corrected chi connectivity index (χ3v) is 12.7. The number of benzene rings is 10. The van der Waals surface area contributed by atoms with Crippen LogP contribution in [0.2, 0.25) is 0 Å². The van der Waals surface area contributed by atoms with E-state index in [0.717, 1.165) is 66.6 Å². The molecule has 10 aromatic carbocycles. The fraction of sp³-hybridized carbons (Fsp3) is 0. The van der Waals surface area contributed by atoms with Crippen molar-refractivity contribution in [3.8, 4) is 95.5 Å². The smallest absolute Gasteiger partial charge is 0.164 e. The number of nitrogens with zero attached hydrogens (tertiary/aromatic N) is 4. The van der Waals surface area contributed by atoms with Gasteiger partial charge in [-0.05, 0) is 79.9 Å². The van der Waals surface area contributed by atoms with Crippen LogP contribution in [-0.2, 0) is 0 Å². The van der Waals surface area contributed by atoms with Gasteiger partial charge in [0, 0.05) is 33.2 Å². The van der Waals surface area contributed by atoms with Gasteiger partial charge in [0.05, 0.1) is 11.0 Å². The topological polar surface area (TPSA) is 43.6 Å². The van der Waals surface area contributed by atoms with E-state index in [2.05, 4.69) is 247 Å². The summed E-state index contributed by atoms with van der Waals surface area (Å²) < 4.78 is 2.37. The molecule has 0 fully saturated rings. The summed E-state index contributed by atoms with van der Waals surface area (Å²) in [5.41, 5.74) is 17.7. The molecule has 12 aromatic rings. The van der Waals surface area contributed by atoms with Crippen LogP contribution in [0.5, 0.6) is 0 Å². The van der Waals surface area contributed by atoms with Gasteiger partial charge >= 0.3 is 0 Å². The normalized spacial score (nSPS) is 11.3. The van der Waals surface area contributed by atoms with Crippen molar-refractivity contribution < 1.29 is 0 Å². The van der Waals surface area contributed by atoms with Crippen LogP contribution in [0.3, 0.4) is 0 Å². The van der Waals surface area contributed by atoms with Gasteiger partial charge in [0.25, 0.3) is 0 Å². The quantitative estimate of drug-likeness (QED) is 0.145. The molecule has 2 aromatic heterocycles. The molecule has 0 unspecified atom stereocenters. The van der Waals surface area contributed by atoms with Crippen LogP contribution in [0.25, 0.3) is 117 Å². The van der Waals surface area contributed by atoms with Gasteiger partial charge in [-0.1, -0.05) is 231 Å². The first kappa shape index (κ1) is 39.6. The molecule has 67 heavy (non-hydrogen) atoms. The molecule has 314 valence electrons. The third kappa shape index (κ3) is 7.77. The highest BCUT2D eigenvalue weighted by Gasteiger charge is 2.18. The van der Waals surface area contributed by atoms with Crippen molar-refractivity contribution in [2.75, 3.05) is 0 Å². The minimum absolute atomic E-state index is 0.610. The van der Waals surface area contributed by atoms with E-state index in [9.17, 15) is 0 Å². The lowest BCUT2D eigenvalue weighted by atomic mass is 9.99. The number of hydrogen-bond acceptors (Lipinski definition) is 3. The molecular formula is C63H42N4. The minimum Gasteiger partial charge on any atom is -0.309 e. The molecule has 2 heterocycles. The van der Waals surface area contributed by atoms with Crippen molar-refractivity contribution >= 4 is 21.8 Å². The molecule has 4 heteroatoms. The summed E-state index contributed by atoms with van der Waals surface area (Å²) in [5, 5.41) is 2.35. The summed E-state index contributed by atoms with van der Waals surface area (Å²) in [7, 11) is 0. The lowest BCUT2D eigenvalue weighted by molar-refractivity contribution is 1.07. The second kappa shape index (κ2) is 17.2. The van der Waals surface area contributed by atoms with Gasteiger partial charge in [0.1, 0.15) is 0 Å². The first-order valence-electron chi connectivity index (χ1n) is 22.7. The maximum atomic E-state index is 5.23. The Morgan fingerprint density at radius 1 is 0.209 bits per heavy atom. The largest absolute Gasteiger partial charge is 0.309 e. The van der Waals surface area contributed by atoms with Crippen LogP contribution in [-0.4, -0.2) is 19.5 Å². The van der Waals surface area contributed by atoms with Crippen LogP contribution >= 0.6 is 0 Å². The monoisotopic (exact) mass is 854 g/mol. The maximum absolute atomic E-state index is 5.23. The van der Waals surface area contributed by atoms with Crippen LogP contribution in [0.1, 0.15) is 0 Å². The molecule has 0 saturated carbocycles. The van der Waals surface area contributed by atoms with Crippen molar-refractivity contribution in [2.45, 2.75) is 0 Å². The zero-order valence-electron chi connectivity index (χ0n) is 36.5. The first-order valence-corrected chi connectivity index (χ1v) is 22.7. The number of aromatic nitrogens is 4. The molecule has 4 nitrogen and oxygen atoms in total. The van der Waals surface area contributed by atoms with Crippen LogP contribution in [0.15, 0.2) is 255 Å². The van der Waals surface area contributed by atoms with Gasteiger partial charge in [-0.2, -0.15) is 0 Å². The molecule has 0 saturated heterocycles. The lowest BCUT2D eigenvalue weighted by Crippen LogP contribution is -2.00. The second-order valence-corrected chi connectivity index (χ2v) is 16.8. The van der Waals surface area contributed by atoms with E-state index in [1.54, 1.807) is 0 Å². The van der Waals surface area contributed by atoms with Gasteiger partial charge in [0.15, 0.2) is 17.5 Å². The Morgan fingerprint density at radius 2 is 0.537 bits per heavy atom. The number of hydrogen-bond donors (Lipinski definition) is 0. The van der Waals surface area contributed by atoms with Crippen molar-refractivity contribution in [3.63, 3.8) is 0 Å². The summed E-state index contributed by atoms with van der Waals surface area (Å²) >= 11 is 0. The molecule has 0 bridgehead atoms. The van der Waals surface area contributed by atoms with Crippen LogP contribution in [0, 0.1) is 0 Å². The molecule has 12 rings (SSSR count). The van der Waals surface area contributed by atoms with E-state index < -0.39 is 0 Å². The molecule has 0 aliphatic heterocycles. The minimum atomic E-state index is 0.610. The summed E-state index contributed by atoms with van der Waals surface area (Å²) in [4.78, 5) is 15.6. The molecule has 0 aliphatic carbocycles. The Bertz CT molecular complexity index is 3670. The zero-order chi connectivity index (χ0) is 44.5. The van der Waals surface area contributed by atoms with E-state index in [1.807, 2.05) is 12.1 Å². The van der Waals surface area contributed by atoms with E-state index in [-0.39, 0.29) is 0 Å². The summed E-state index contributed by atoms with van der Waals surface area (Å²) in [5.74, 6) is 1.84. The zero-order valence-corrected chi connectivity index (χ0v) is 36.5. The van der Waals surface area contributed by atoms with Crippen molar-refractivity contribution in [3.05, 3.63) is 255 Å². The third-order valence-electron chi connectivity index (χ3n) is 12.7. The van der Waals surface area contributed by atoms with E-state index in [1.165, 1.54) is 33.2 Å². The average Bonchev–Trinajstić information content (AvgIpc) is 3.75. The first-order chi connectivity index (χ1) is 33.2. The van der Waals surface area contributed by atoms with Gasteiger partial charge < -0.3 is 4.57 Å². The van der Waals surface area contributed by atoms with Crippen LogP contribution < -0.4 is 0 Å². The molecule has 0 spiro atoms. The number of para-hydroxylation sites is 1. The Hall–Kier alpha value is -8.99. The van der Waals surface area contributed by atoms with Gasteiger partial charge in [0.2, 0.25) is 0 Å². The highest BCUT2D eigenvalue weighted by molar-refractivity contribution is 6.10. The van der Waals surface area contributed by atoms with Gasteiger partial charge in [-0.25, -0.2) is 15.0 Å². The average molecular weight is 855 g/mol. The fourth-order valence-corrected chi connectivity index (χ4v) is 9.20. The second-order valence-electron chi connectivity index (χ2n) is 16.8. The van der Waals surface area contributed by atoms with E-state index >= 15 is 0 Å². The highest BCUT2D eigenvalue weighted by atomic mass is 15.0. The summed E-state index contributed by atoms with van der Waals surface area (Å²) in [6, 6.07) is 90.1. The maximum Gasteiger partial charge on any atom is 0.164 e. The summed E-state index contributed by atoms with van der Waals surface area (Å²) in [6.45, 7) is 0. The SMILES string of the molecule is c1ccc(-c2ccc(-c3ccc(-c4nc(-c5ccc(-c6ccccc6)cc5)nc(-c5ccc6c7ccccc7n(-c7cccc(-c8ccc(-c9ccccc9)cc8)c7)c6c5)n4)cc3)cc2)cc1. The van der Waals surface area contributed by atoms with Crippen molar-refractivity contribution in [1.82, 2.24) is 19.5 Å². The molecule has 0 aliphatic rings. The standard InChI is InChI=1S/C63H42N4/c1-4-13-43(14-5-1)46-23-25-49(26-24-46)50-33-37-53(38-34-50)62-64-61(52-35-31-48(32-36-52)45-17-8-3-9-18-45)65-63(66-62)55-39-40-58-57-21-10-11-22-59(57)67(60(58)42-55)56-20-12-19-54(41-56)51-29-27-47(28-30-51)44-15-6-2-7-16-44/h1-42H. The Balaban J connectivity index is 0.947. The molecular weight excluding hydrogens is 813 g/mol. The van der Waals surface area contributed by atoms with Crippen molar-refractivity contribution in [1.29, 1.82) is 0 Å². The Kier molecular flexibility index (Phi) is 10.2. The van der Waals surface area contributed by atoms with Crippen LogP contribution in [0.4, 0.5) is 0 Å². The van der Waals surface area contributed by atoms with Gasteiger partial charge in [-0.15, -0.1) is 0 Å². The molecule has 0 N–H and O–H groups in total. The van der Waals surface area contributed by atoms with Gasteiger partial charge in [-0.3, -0.25) is 0 Å².